The zero-order valence-electron chi connectivity index (χ0n) is 10.2. The Morgan fingerprint density at radius 3 is 2.50 bits per heavy atom. The number of carbonyl (C=O) groups is 1. The van der Waals surface area contributed by atoms with Crippen LogP contribution in [0, 0.1) is 24.4 Å². The standard InChI is InChI=1S/C12H9F3N2O2S/c1-6-4-16-12(20-5-10(18)19)17(6)7-2-8(13)11(15)9(14)3-7/h2-4H,5H2,1H3,(H,18,19). The number of imidazole rings is 1. The van der Waals surface area contributed by atoms with Gasteiger partial charge in [0.1, 0.15) is 0 Å². The fourth-order valence-electron chi connectivity index (χ4n) is 1.63. The van der Waals surface area contributed by atoms with E-state index in [4.69, 9.17) is 5.11 Å². The Morgan fingerprint density at radius 1 is 1.35 bits per heavy atom. The molecule has 1 aromatic heterocycles. The van der Waals surface area contributed by atoms with Crippen molar-refractivity contribution in [1.82, 2.24) is 9.55 Å². The van der Waals surface area contributed by atoms with Crippen molar-refractivity contribution in [3.63, 3.8) is 0 Å². The molecule has 0 aliphatic rings. The van der Waals surface area contributed by atoms with Crippen LogP contribution in [0.1, 0.15) is 5.69 Å². The summed E-state index contributed by atoms with van der Waals surface area (Å²) in [6.07, 6.45) is 1.43. The lowest BCUT2D eigenvalue weighted by Gasteiger charge is -2.10. The Hall–Kier alpha value is -1.96. The van der Waals surface area contributed by atoms with Gasteiger partial charge in [0, 0.05) is 24.0 Å². The van der Waals surface area contributed by atoms with Gasteiger partial charge in [-0.15, -0.1) is 0 Å². The van der Waals surface area contributed by atoms with Crippen LogP contribution in [0.15, 0.2) is 23.5 Å². The van der Waals surface area contributed by atoms with Crippen molar-refractivity contribution in [2.24, 2.45) is 0 Å². The molecule has 2 rings (SSSR count). The minimum atomic E-state index is -1.55. The van der Waals surface area contributed by atoms with Crippen LogP contribution in [0.4, 0.5) is 13.2 Å². The molecule has 106 valence electrons. The van der Waals surface area contributed by atoms with Crippen molar-refractivity contribution in [2.45, 2.75) is 12.1 Å². The minimum Gasteiger partial charge on any atom is -0.481 e. The number of benzene rings is 1. The van der Waals surface area contributed by atoms with Crippen molar-refractivity contribution in [1.29, 1.82) is 0 Å². The first kappa shape index (κ1) is 14.4. The SMILES string of the molecule is Cc1cnc(SCC(=O)O)n1-c1cc(F)c(F)c(F)c1. The summed E-state index contributed by atoms with van der Waals surface area (Å²) in [5.74, 6) is -5.47. The van der Waals surface area contributed by atoms with Crippen LogP contribution >= 0.6 is 11.8 Å². The molecular weight excluding hydrogens is 293 g/mol. The maximum atomic E-state index is 13.3. The molecule has 1 aromatic carbocycles. The smallest absolute Gasteiger partial charge is 0.313 e. The molecular formula is C12H9F3N2O2S. The molecule has 0 saturated carbocycles. The van der Waals surface area contributed by atoms with E-state index < -0.39 is 23.4 Å². The molecule has 0 bridgehead atoms. The quantitative estimate of drug-likeness (QED) is 0.697. The molecule has 0 amide bonds. The first-order chi connectivity index (χ1) is 9.40. The van der Waals surface area contributed by atoms with Gasteiger partial charge in [0.15, 0.2) is 22.6 Å². The van der Waals surface area contributed by atoms with Gasteiger partial charge in [0.25, 0.3) is 0 Å². The Kier molecular flexibility index (Phi) is 4.03. The van der Waals surface area contributed by atoms with E-state index in [1.165, 1.54) is 10.8 Å². The Bertz CT molecular complexity index is 650. The van der Waals surface area contributed by atoms with E-state index in [9.17, 15) is 18.0 Å². The predicted molar refractivity (Wildman–Crippen MR) is 66.5 cm³/mol. The first-order valence-corrected chi connectivity index (χ1v) is 6.42. The minimum absolute atomic E-state index is 0.0456. The zero-order valence-corrected chi connectivity index (χ0v) is 11.0. The highest BCUT2D eigenvalue weighted by Gasteiger charge is 2.16. The topological polar surface area (TPSA) is 55.1 Å². The third-order valence-electron chi connectivity index (χ3n) is 2.46. The Balaban J connectivity index is 2.47. The molecule has 0 aliphatic heterocycles. The number of aryl methyl sites for hydroxylation is 1. The summed E-state index contributed by atoms with van der Waals surface area (Å²) in [7, 11) is 0. The predicted octanol–water partition coefficient (Wildman–Crippen LogP) is 2.77. The summed E-state index contributed by atoms with van der Waals surface area (Å²) >= 11 is 0.900. The largest absolute Gasteiger partial charge is 0.481 e. The molecule has 0 unspecified atom stereocenters. The average molecular weight is 302 g/mol. The summed E-state index contributed by atoms with van der Waals surface area (Å²) in [4.78, 5) is 14.5. The monoisotopic (exact) mass is 302 g/mol. The highest BCUT2D eigenvalue weighted by molar-refractivity contribution is 7.99. The summed E-state index contributed by atoms with van der Waals surface area (Å²) in [6.45, 7) is 1.64. The van der Waals surface area contributed by atoms with Crippen molar-refractivity contribution < 1.29 is 23.1 Å². The molecule has 4 nitrogen and oxygen atoms in total. The molecule has 2 aromatic rings. The molecule has 0 spiro atoms. The maximum Gasteiger partial charge on any atom is 0.313 e. The highest BCUT2D eigenvalue weighted by Crippen LogP contribution is 2.25. The molecule has 0 radical (unpaired) electrons. The van der Waals surface area contributed by atoms with Gasteiger partial charge in [-0.25, -0.2) is 18.2 Å². The normalized spacial score (nSPS) is 10.8. The number of thioether (sulfide) groups is 1. The fourth-order valence-corrected chi connectivity index (χ4v) is 2.39. The molecule has 0 fully saturated rings. The second kappa shape index (κ2) is 5.58. The van der Waals surface area contributed by atoms with Crippen LogP contribution in [0.2, 0.25) is 0 Å². The summed E-state index contributed by atoms with van der Waals surface area (Å²) < 4.78 is 40.8. The van der Waals surface area contributed by atoms with Gasteiger partial charge in [-0.2, -0.15) is 0 Å². The molecule has 0 aliphatic carbocycles. The lowest BCUT2D eigenvalue weighted by Crippen LogP contribution is -2.04. The number of aromatic nitrogens is 2. The number of halogens is 3. The number of rotatable bonds is 4. The number of hydrogen-bond acceptors (Lipinski definition) is 3. The fraction of sp³-hybridized carbons (Fsp3) is 0.167. The van der Waals surface area contributed by atoms with Crippen LogP contribution in [0.5, 0.6) is 0 Å². The number of nitrogens with zero attached hydrogens (tertiary/aromatic N) is 2. The maximum absolute atomic E-state index is 13.3. The summed E-state index contributed by atoms with van der Waals surface area (Å²) in [5.41, 5.74) is 0.590. The van der Waals surface area contributed by atoms with Crippen molar-refractivity contribution in [3.05, 3.63) is 41.5 Å². The number of carboxylic acids is 1. The van der Waals surface area contributed by atoms with E-state index in [0.717, 1.165) is 23.9 Å². The number of aliphatic carboxylic acids is 1. The summed E-state index contributed by atoms with van der Waals surface area (Å²) in [6, 6.07) is 1.66. The van der Waals surface area contributed by atoms with Gasteiger partial charge in [-0.1, -0.05) is 11.8 Å². The van der Waals surface area contributed by atoms with Crippen molar-refractivity contribution >= 4 is 17.7 Å². The van der Waals surface area contributed by atoms with Gasteiger partial charge in [-0.05, 0) is 6.92 Å². The van der Waals surface area contributed by atoms with Gasteiger partial charge in [-0.3, -0.25) is 9.36 Å². The van der Waals surface area contributed by atoms with Crippen LogP contribution in [0.3, 0.4) is 0 Å². The van der Waals surface area contributed by atoms with Crippen LogP contribution in [-0.2, 0) is 4.79 Å². The van der Waals surface area contributed by atoms with Gasteiger partial charge in [0.05, 0.1) is 11.4 Å². The first-order valence-electron chi connectivity index (χ1n) is 5.44. The average Bonchev–Trinajstić information content (AvgIpc) is 2.74. The Labute approximate surface area is 116 Å². The third-order valence-corrected chi connectivity index (χ3v) is 3.39. The Morgan fingerprint density at radius 2 is 1.95 bits per heavy atom. The number of carboxylic acid groups (broad SMARTS) is 1. The number of hydrogen-bond donors (Lipinski definition) is 1. The van der Waals surface area contributed by atoms with E-state index in [2.05, 4.69) is 4.98 Å². The van der Waals surface area contributed by atoms with E-state index in [-0.39, 0.29) is 16.6 Å². The van der Waals surface area contributed by atoms with E-state index in [1.54, 1.807) is 6.92 Å². The second-order valence-corrected chi connectivity index (χ2v) is 4.87. The molecule has 0 atom stereocenters. The molecule has 1 N–H and O–H groups in total. The molecule has 1 heterocycles. The van der Waals surface area contributed by atoms with E-state index in [1.807, 2.05) is 0 Å². The van der Waals surface area contributed by atoms with Crippen molar-refractivity contribution in [3.8, 4) is 5.69 Å². The van der Waals surface area contributed by atoms with E-state index in [0.29, 0.717) is 5.69 Å². The molecule has 20 heavy (non-hydrogen) atoms. The van der Waals surface area contributed by atoms with Gasteiger partial charge >= 0.3 is 5.97 Å². The summed E-state index contributed by atoms with van der Waals surface area (Å²) in [5, 5.41) is 8.90. The van der Waals surface area contributed by atoms with Crippen LogP contribution in [-0.4, -0.2) is 26.4 Å². The van der Waals surface area contributed by atoms with E-state index >= 15 is 0 Å². The van der Waals surface area contributed by atoms with Gasteiger partial charge < -0.3 is 5.11 Å². The zero-order chi connectivity index (χ0) is 14.9. The lowest BCUT2D eigenvalue weighted by molar-refractivity contribution is -0.133. The second-order valence-electron chi connectivity index (χ2n) is 3.92. The van der Waals surface area contributed by atoms with Gasteiger partial charge in [0.2, 0.25) is 0 Å². The molecule has 8 heteroatoms. The highest BCUT2D eigenvalue weighted by atomic mass is 32.2. The lowest BCUT2D eigenvalue weighted by atomic mass is 10.2. The van der Waals surface area contributed by atoms with Crippen LogP contribution in [0.25, 0.3) is 5.69 Å². The van der Waals surface area contributed by atoms with Crippen LogP contribution < -0.4 is 0 Å². The molecule has 0 saturated heterocycles. The third kappa shape index (κ3) is 2.79. The van der Waals surface area contributed by atoms with Crippen molar-refractivity contribution in [2.75, 3.05) is 5.75 Å².